The number of hydrogen-bond acceptors (Lipinski definition) is 3. The van der Waals surface area contributed by atoms with Gasteiger partial charge in [-0.05, 0) is 24.5 Å². The van der Waals surface area contributed by atoms with Crippen LogP contribution in [0.2, 0.25) is 0 Å². The minimum absolute atomic E-state index is 0.171. The van der Waals surface area contributed by atoms with Gasteiger partial charge in [-0.1, -0.05) is 13.3 Å². The third-order valence-corrected chi connectivity index (χ3v) is 3.54. The Hall–Kier alpha value is -1.98. The van der Waals surface area contributed by atoms with E-state index in [1.165, 1.54) is 6.07 Å². The molecule has 102 valence electrons. The first-order chi connectivity index (χ1) is 9.02. The molecule has 1 aliphatic heterocycles. The van der Waals surface area contributed by atoms with Gasteiger partial charge in [0.25, 0.3) is 5.91 Å². The fraction of sp³-hybridized carbons (Fsp3) is 0.462. The zero-order chi connectivity index (χ0) is 14.0. The molecule has 19 heavy (non-hydrogen) atoms. The van der Waals surface area contributed by atoms with E-state index in [1.54, 1.807) is 4.90 Å². The van der Waals surface area contributed by atoms with Crippen molar-refractivity contribution in [2.45, 2.75) is 19.8 Å². The minimum atomic E-state index is -0.922. The van der Waals surface area contributed by atoms with Crippen LogP contribution in [0.15, 0.2) is 18.2 Å². The van der Waals surface area contributed by atoms with Gasteiger partial charge >= 0.3 is 5.69 Å². The molecule has 1 atom stereocenters. The highest BCUT2D eigenvalue weighted by Crippen LogP contribution is 2.23. The summed E-state index contributed by atoms with van der Waals surface area (Å²) in [5.74, 6) is -0.701. The first-order valence-electron chi connectivity index (χ1n) is 6.26. The number of halogens is 1. The van der Waals surface area contributed by atoms with Crippen LogP contribution in [0.5, 0.6) is 0 Å². The van der Waals surface area contributed by atoms with Crippen molar-refractivity contribution >= 4 is 11.6 Å². The lowest BCUT2D eigenvalue weighted by molar-refractivity contribution is -0.387. The number of nitrogens with zero attached hydrogens (tertiary/aromatic N) is 2. The Bertz CT molecular complexity index is 519. The predicted molar refractivity (Wildman–Crippen MR) is 67.4 cm³/mol. The maximum absolute atomic E-state index is 13.2. The molecule has 0 radical (unpaired) electrons. The van der Waals surface area contributed by atoms with Gasteiger partial charge in [0.2, 0.25) is 5.82 Å². The first kappa shape index (κ1) is 13.5. The molecule has 2 rings (SSSR count). The zero-order valence-corrected chi connectivity index (χ0v) is 10.6. The molecule has 0 saturated carbocycles. The third kappa shape index (κ3) is 2.72. The molecule has 1 amide bonds. The Morgan fingerprint density at radius 3 is 2.89 bits per heavy atom. The highest BCUT2D eigenvalue weighted by molar-refractivity contribution is 5.95. The van der Waals surface area contributed by atoms with Crippen LogP contribution in [0.4, 0.5) is 10.1 Å². The van der Waals surface area contributed by atoms with E-state index < -0.39 is 16.4 Å². The van der Waals surface area contributed by atoms with Crippen molar-refractivity contribution in [1.82, 2.24) is 4.90 Å². The molecule has 1 unspecified atom stereocenters. The number of benzene rings is 1. The molecule has 1 fully saturated rings. The summed E-state index contributed by atoms with van der Waals surface area (Å²) in [4.78, 5) is 23.7. The number of carbonyl (C=O) groups is 1. The van der Waals surface area contributed by atoms with Crippen molar-refractivity contribution in [1.29, 1.82) is 0 Å². The monoisotopic (exact) mass is 266 g/mol. The summed E-state index contributed by atoms with van der Waals surface area (Å²) in [7, 11) is 0. The summed E-state index contributed by atoms with van der Waals surface area (Å²) in [5.41, 5.74) is -0.484. The summed E-state index contributed by atoms with van der Waals surface area (Å²) >= 11 is 0. The van der Waals surface area contributed by atoms with Gasteiger partial charge in [0.15, 0.2) is 0 Å². The van der Waals surface area contributed by atoms with Crippen LogP contribution in [0.1, 0.15) is 30.1 Å². The largest absolute Gasteiger partial charge is 0.338 e. The van der Waals surface area contributed by atoms with Gasteiger partial charge in [0.05, 0.1) is 4.92 Å². The second-order valence-corrected chi connectivity index (χ2v) is 4.74. The van der Waals surface area contributed by atoms with E-state index >= 15 is 0 Å². The second kappa shape index (κ2) is 5.34. The summed E-state index contributed by atoms with van der Waals surface area (Å²) < 4.78 is 13.2. The van der Waals surface area contributed by atoms with Crippen LogP contribution in [0.3, 0.4) is 0 Å². The van der Waals surface area contributed by atoms with Crippen molar-refractivity contribution < 1.29 is 14.1 Å². The van der Waals surface area contributed by atoms with Crippen LogP contribution in [0, 0.1) is 21.8 Å². The second-order valence-electron chi connectivity index (χ2n) is 4.74. The highest BCUT2D eigenvalue weighted by Gasteiger charge is 2.27. The fourth-order valence-electron chi connectivity index (χ4n) is 2.32. The Morgan fingerprint density at radius 1 is 1.58 bits per heavy atom. The van der Waals surface area contributed by atoms with Crippen LogP contribution < -0.4 is 0 Å². The average molecular weight is 266 g/mol. The number of likely N-dealkylation sites (tertiary alicyclic amines) is 1. The van der Waals surface area contributed by atoms with E-state index in [-0.39, 0.29) is 11.5 Å². The van der Waals surface area contributed by atoms with Gasteiger partial charge in [0.1, 0.15) is 0 Å². The topological polar surface area (TPSA) is 63.5 Å². The van der Waals surface area contributed by atoms with Gasteiger partial charge in [-0.2, -0.15) is 4.39 Å². The Kier molecular flexibility index (Phi) is 3.78. The predicted octanol–water partition coefficient (Wildman–Crippen LogP) is 2.61. The SMILES string of the molecule is CCC1CCN(C(=O)c2ccc(F)c([N+](=O)[O-])c2)C1. The van der Waals surface area contributed by atoms with Gasteiger partial charge in [0, 0.05) is 24.7 Å². The third-order valence-electron chi connectivity index (χ3n) is 3.54. The van der Waals surface area contributed by atoms with E-state index in [9.17, 15) is 19.3 Å². The summed E-state index contributed by atoms with van der Waals surface area (Å²) in [6.07, 6.45) is 1.96. The molecular weight excluding hydrogens is 251 g/mol. The van der Waals surface area contributed by atoms with E-state index in [1.807, 2.05) is 0 Å². The number of nitro groups is 1. The lowest BCUT2D eigenvalue weighted by Gasteiger charge is -2.16. The molecule has 0 aromatic heterocycles. The van der Waals surface area contributed by atoms with Gasteiger partial charge in [-0.3, -0.25) is 14.9 Å². The Balaban J connectivity index is 2.20. The molecule has 1 aromatic rings. The lowest BCUT2D eigenvalue weighted by atomic mass is 10.1. The van der Waals surface area contributed by atoms with Gasteiger partial charge in [-0.15, -0.1) is 0 Å². The number of carbonyl (C=O) groups excluding carboxylic acids is 1. The maximum Gasteiger partial charge on any atom is 0.305 e. The number of rotatable bonds is 3. The smallest absolute Gasteiger partial charge is 0.305 e. The van der Waals surface area contributed by atoms with Gasteiger partial charge in [-0.25, -0.2) is 0 Å². The normalized spacial score (nSPS) is 18.6. The molecule has 1 heterocycles. The van der Waals surface area contributed by atoms with Crippen LogP contribution in [-0.2, 0) is 0 Å². The molecule has 5 nitrogen and oxygen atoms in total. The van der Waals surface area contributed by atoms with Crippen molar-refractivity contribution in [3.63, 3.8) is 0 Å². The Labute approximate surface area is 110 Å². The molecular formula is C13H15FN2O3. The fourth-order valence-corrected chi connectivity index (χ4v) is 2.32. The summed E-state index contributed by atoms with van der Waals surface area (Å²) in [6.45, 7) is 3.39. The standard InChI is InChI=1S/C13H15FN2O3/c1-2-9-5-6-15(8-9)13(17)10-3-4-11(14)12(7-10)16(18)19/h3-4,7,9H,2,5-6,8H2,1H3. The summed E-state index contributed by atoms with van der Waals surface area (Å²) in [5, 5.41) is 10.7. The van der Waals surface area contributed by atoms with E-state index in [0.29, 0.717) is 19.0 Å². The van der Waals surface area contributed by atoms with Gasteiger partial charge < -0.3 is 4.90 Å². The quantitative estimate of drug-likeness (QED) is 0.624. The van der Waals surface area contributed by atoms with E-state index in [4.69, 9.17) is 0 Å². The molecule has 0 bridgehead atoms. The number of hydrogen-bond donors (Lipinski definition) is 0. The molecule has 0 aliphatic carbocycles. The highest BCUT2D eigenvalue weighted by atomic mass is 19.1. The first-order valence-corrected chi connectivity index (χ1v) is 6.26. The van der Waals surface area contributed by atoms with E-state index in [2.05, 4.69) is 6.92 Å². The molecule has 1 aliphatic rings. The van der Waals surface area contributed by atoms with Crippen molar-refractivity contribution in [2.24, 2.45) is 5.92 Å². The lowest BCUT2D eigenvalue weighted by Crippen LogP contribution is -2.28. The minimum Gasteiger partial charge on any atom is -0.338 e. The zero-order valence-electron chi connectivity index (χ0n) is 10.6. The molecule has 0 spiro atoms. The maximum atomic E-state index is 13.2. The summed E-state index contributed by atoms with van der Waals surface area (Å²) in [6, 6.07) is 3.28. The molecule has 1 saturated heterocycles. The Morgan fingerprint density at radius 2 is 2.32 bits per heavy atom. The average Bonchev–Trinajstić information content (AvgIpc) is 2.87. The van der Waals surface area contributed by atoms with Crippen LogP contribution in [-0.4, -0.2) is 28.8 Å². The van der Waals surface area contributed by atoms with Crippen molar-refractivity contribution in [3.05, 3.63) is 39.7 Å². The van der Waals surface area contributed by atoms with Crippen LogP contribution in [0.25, 0.3) is 0 Å². The molecule has 0 N–H and O–H groups in total. The molecule has 1 aromatic carbocycles. The number of amides is 1. The number of nitro benzene ring substituents is 1. The van der Waals surface area contributed by atoms with Crippen molar-refractivity contribution in [3.8, 4) is 0 Å². The van der Waals surface area contributed by atoms with E-state index in [0.717, 1.165) is 25.0 Å². The van der Waals surface area contributed by atoms with Crippen molar-refractivity contribution in [2.75, 3.05) is 13.1 Å². The molecule has 6 heteroatoms. The van der Waals surface area contributed by atoms with Crippen LogP contribution >= 0.6 is 0 Å².